The number of carbonyl (C=O) groups excluding carboxylic acids is 1. The topological polar surface area (TPSA) is 59.8 Å². The number of aromatic nitrogens is 3. The van der Waals surface area contributed by atoms with Gasteiger partial charge in [-0.15, -0.1) is 10.2 Å². The summed E-state index contributed by atoms with van der Waals surface area (Å²) < 4.78 is 2.16. The van der Waals surface area contributed by atoms with Gasteiger partial charge in [-0.1, -0.05) is 29.8 Å². The molecular weight excluding hydrogens is 332 g/mol. The molecule has 2 heterocycles. The quantitative estimate of drug-likeness (QED) is 0.852. The molecular formula is C16H19ClN4OS. The minimum absolute atomic E-state index is 0.0525. The Morgan fingerprint density at radius 2 is 2.04 bits per heavy atom. The minimum atomic E-state index is -0.248. The number of halogens is 1. The van der Waals surface area contributed by atoms with Crippen molar-refractivity contribution in [2.45, 2.75) is 49.6 Å². The summed E-state index contributed by atoms with van der Waals surface area (Å²) in [6, 6.07) is 7.10. The van der Waals surface area contributed by atoms with E-state index in [-0.39, 0.29) is 11.2 Å². The van der Waals surface area contributed by atoms with E-state index in [1.165, 1.54) is 18.2 Å². The molecule has 0 unspecified atom stereocenters. The molecule has 1 atom stereocenters. The van der Waals surface area contributed by atoms with Crippen LogP contribution in [0.2, 0.25) is 5.02 Å². The molecule has 23 heavy (non-hydrogen) atoms. The molecule has 1 aromatic carbocycles. The van der Waals surface area contributed by atoms with E-state index in [0.29, 0.717) is 5.02 Å². The minimum Gasteiger partial charge on any atom is -0.325 e. The summed E-state index contributed by atoms with van der Waals surface area (Å²) in [6.07, 6.45) is 4.50. The molecule has 1 N–H and O–H groups in total. The van der Waals surface area contributed by atoms with Crippen molar-refractivity contribution in [1.82, 2.24) is 14.8 Å². The molecule has 0 aliphatic carbocycles. The highest BCUT2D eigenvalue weighted by Crippen LogP contribution is 2.26. The Morgan fingerprint density at radius 3 is 2.83 bits per heavy atom. The first kappa shape index (κ1) is 16.3. The maximum atomic E-state index is 12.3. The fraction of sp³-hybridized carbons (Fsp3) is 0.438. The smallest absolute Gasteiger partial charge is 0.237 e. The third-order valence-corrected chi connectivity index (χ3v) is 5.17. The first-order valence-corrected chi connectivity index (χ1v) is 9.04. The van der Waals surface area contributed by atoms with Crippen molar-refractivity contribution in [3.05, 3.63) is 35.1 Å². The number of anilines is 1. The van der Waals surface area contributed by atoms with E-state index in [1.54, 1.807) is 24.3 Å². The molecule has 1 amide bonds. The Labute approximate surface area is 144 Å². The second-order valence-electron chi connectivity index (χ2n) is 5.62. The van der Waals surface area contributed by atoms with Crippen molar-refractivity contribution < 1.29 is 4.79 Å². The molecule has 0 spiro atoms. The lowest BCUT2D eigenvalue weighted by molar-refractivity contribution is -0.115. The van der Waals surface area contributed by atoms with Gasteiger partial charge in [0.05, 0.1) is 5.25 Å². The van der Waals surface area contributed by atoms with E-state index in [4.69, 9.17) is 11.6 Å². The van der Waals surface area contributed by atoms with E-state index >= 15 is 0 Å². The number of rotatable bonds is 4. The van der Waals surface area contributed by atoms with Gasteiger partial charge in [-0.25, -0.2) is 0 Å². The Balaban J connectivity index is 1.64. The zero-order valence-corrected chi connectivity index (χ0v) is 14.5. The SMILES string of the molecule is C[C@@H](Sc1nnc2n1CCCCC2)C(=O)Nc1ccc(Cl)cc1. The van der Waals surface area contributed by atoms with Crippen LogP contribution in [0.1, 0.15) is 32.0 Å². The summed E-state index contributed by atoms with van der Waals surface area (Å²) in [6.45, 7) is 2.82. The highest BCUT2D eigenvalue weighted by Gasteiger charge is 2.21. The lowest BCUT2D eigenvalue weighted by Crippen LogP contribution is -2.23. The van der Waals surface area contributed by atoms with Crippen LogP contribution in [-0.4, -0.2) is 25.9 Å². The maximum Gasteiger partial charge on any atom is 0.237 e. The van der Waals surface area contributed by atoms with Crippen molar-refractivity contribution >= 4 is 35.0 Å². The molecule has 1 aromatic heterocycles. The zero-order chi connectivity index (χ0) is 16.2. The van der Waals surface area contributed by atoms with Crippen molar-refractivity contribution in [2.75, 3.05) is 5.32 Å². The van der Waals surface area contributed by atoms with E-state index in [0.717, 1.165) is 42.5 Å². The summed E-state index contributed by atoms with van der Waals surface area (Å²) >= 11 is 7.31. The Hall–Kier alpha value is -1.53. The third kappa shape index (κ3) is 4.06. The molecule has 1 aliphatic rings. The normalized spacial score (nSPS) is 15.6. The molecule has 1 aliphatic heterocycles. The number of nitrogens with one attached hydrogen (secondary N) is 1. The summed E-state index contributed by atoms with van der Waals surface area (Å²) in [5.41, 5.74) is 0.743. The second kappa shape index (κ2) is 7.36. The molecule has 3 rings (SSSR count). The molecule has 0 fully saturated rings. The van der Waals surface area contributed by atoms with Gasteiger partial charge < -0.3 is 9.88 Å². The lowest BCUT2D eigenvalue weighted by Gasteiger charge is -2.12. The molecule has 5 nitrogen and oxygen atoms in total. The van der Waals surface area contributed by atoms with Crippen molar-refractivity contribution in [1.29, 1.82) is 0 Å². The van der Waals surface area contributed by atoms with Crippen LogP contribution in [0, 0.1) is 0 Å². The molecule has 7 heteroatoms. The first-order valence-electron chi connectivity index (χ1n) is 7.78. The monoisotopic (exact) mass is 350 g/mol. The molecule has 0 radical (unpaired) electrons. The number of hydrogen-bond donors (Lipinski definition) is 1. The largest absolute Gasteiger partial charge is 0.325 e. The van der Waals surface area contributed by atoms with Crippen LogP contribution in [0.5, 0.6) is 0 Å². The van der Waals surface area contributed by atoms with Crippen LogP contribution in [-0.2, 0) is 17.8 Å². The average molecular weight is 351 g/mol. The van der Waals surface area contributed by atoms with Gasteiger partial charge in [0.15, 0.2) is 5.16 Å². The van der Waals surface area contributed by atoms with Crippen LogP contribution in [0.15, 0.2) is 29.4 Å². The van der Waals surface area contributed by atoms with Crippen LogP contribution in [0.25, 0.3) is 0 Å². The van der Waals surface area contributed by atoms with Gasteiger partial charge in [0.1, 0.15) is 5.82 Å². The van der Waals surface area contributed by atoms with Gasteiger partial charge in [-0.2, -0.15) is 0 Å². The number of nitrogens with zero attached hydrogens (tertiary/aromatic N) is 3. The predicted octanol–water partition coefficient (Wildman–Crippen LogP) is 3.78. The molecule has 0 saturated carbocycles. The van der Waals surface area contributed by atoms with Gasteiger partial charge in [-0.05, 0) is 44.0 Å². The number of thioether (sulfide) groups is 1. The zero-order valence-electron chi connectivity index (χ0n) is 13.0. The van der Waals surface area contributed by atoms with Gasteiger partial charge in [0.2, 0.25) is 5.91 Å². The van der Waals surface area contributed by atoms with Crippen LogP contribution in [0.4, 0.5) is 5.69 Å². The Kier molecular flexibility index (Phi) is 5.23. The number of hydrogen-bond acceptors (Lipinski definition) is 4. The third-order valence-electron chi connectivity index (χ3n) is 3.84. The standard InChI is InChI=1S/C16H19ClN4OS/c1-11(15(22)18-13-8-6-12(17)7-9-13)23-16-20-19-14-5-3-2-4-10-21(14)16/h6-9,11H,2-5,10H2,1H3,(H,18,22)/t11-/m1/s1. The summed E-state index contributed by atoms with van der Waals surface area (Å²) in [7, 11) is 0. The molecule has 2 aromatic rings. The number of benzene rings is 1. The number of amides is 1. The highest BCUT2D eigenvalue weighted by atomic mass is 35.5. The van der Waals surface area contributed by atoms with E-state index in [9.17, 15) is 4.79 Å². The van der Waals surface area contributed by atoms with E-state index in [1.807, 2.05) is 6.92 Å². The van der Waals surface area contributed by atoms with Crippen LogP contribution in [0.3, 0.4) is 0 Å². The first-order chi connectivity index (χ1) is 11.1. The van der Waals surface area contributed by atoms with Crippen molar-refractivity contribution in [3.8, 4) is 0 Å². The summed E-state index contributed by atoms with van der Waals surface area (Å²) in [5, 5.41) is 12.7. The Bertz CT molecular complexity index is 686. The summed E-state index contributed by atoms with van der Waals surface area (Å²) in [4.78, 5) is 12.3. The molecule has 0 bridgehead atoms. The van der Waals surface area contributed by atoms with Crippen molar-refractivity contribution in [2.24, 2.45) is 0 Å². The van der Waals surface area contributed by atoms with Gasteiger partial charge in [0, 0.05) is 23.7 Å². The fourth-order valence-corrected chi connectivity index (χ4v) is 3.55. The van der Waals surface area contributed by atoms with Gasteiger partial charge in [0.25, 0.3) is 0 Å². The maximum absolute atomic E-state index is 12.3. The van der Waals surface area contributed by atoms with Crippen LogP contribution >= 0.6 is 23.4 Å². The Morgan fingerprint density at radius 1 is 1.26 bits per heavy atom. The van der Waals surface area contributed by atoms with Crippen molar-refractivity contribution in [3.63, 3.8) is 0 Å². The fourth-order valence-electron chi connectivity index (χ4n) is 2.53. The van der Waals surface area contributed by atoms with E-state index in [2.05, 4.69) is 20.1 Å². The molecule has 0 saturated heterocycles. The summed E-state index contributed by atoms with van der Waals surface area (Å²) in [5.74, 6) is 0.985. The number of fused-ring (bicyclic) bond motifs is 1. The van der Waals surface area contributed by atoms with Gasteiger partial charge in [-0.3, -0.25) is 4.79 Å². The lowest BCUT2D eigenvalue weighted by atomic mass is 10.2. The number of carbonyl (C=O) groups is 1. The number of aryl methyl sites for hydroxylation is 1. The van der Waals surface area contributed by atoms with E-state index < -0.39 is 0 Å². The predicted molar refractivity (Wildman–Crippen MR) is 93.0 cm³/mol. The average Bonchev–Trinajstić information content (AvgIpc) is 2.77. The second-order valence-corrected chi connectivity index (χ2v) is 7.36. The highest BCUT2D eigenvalue weighted by molar-refractivity contribution is 8.00. The molecule has 122 valence electrons. The van der Waals surface area contributed by atoms with Gasteiger partial charge >= 0.3 is 0 Å². The van der Waals surface area contributed by atoms with Crippen LogP contribution < -0.4 is 5.32 Å².